The number of amidine groups is 1. The molecular formula is C12H16ClN3O2. The third kappa shape index (κ3) is 4.25. The van der Waals surface area contributed by atoms with E-state index < -0.39 is 0 Å². The van der Waals surface area contributed by atoms with E-state index in [0.717, 1.165) is 5.56 Å². The van der Waals surface area contributed by atoms with Crippen LogP contribution in [0.15, 0.2) is 29.4 Å². The average molecular weight is 270 g/mol. The Morgan fingerprint density at radius 3 is 2.83 bits per heavy atom. The summed E-state index contributed by atoms with van der Waals surface area (Å²) in [5.41, 5.74) is 6.23. The first-order valence-electron chi connectivity index (χ1n) is 5.55. The molecule has 0 atom stereocenters. The molecule has 0 bridgehead atoms. The summed E-state index contributed by atoms with van der Waals surface area (Å²) in [6, 6.07) is 7.13. The first kappa shape index (κ1) is 14.3. The van der Waals surface area contributed by atoms with Crippen molar-refractivity contribution in [3.05, 3.63) is 34.9 Å². The lowest BCUT2D eigenvalue weighted by atomic mass is 10.1. The molecule has 1 amide bonds. The van der Waals surface area contributed by atoms with E-state index >= 15 is 0 Å². The van der Waals surface area contributed by atoms with Gasteiger partial charge in [-0.1, -0.05) is 28.9 Å². The van der Waals surface area contributed by atoms with Gasteiger partial charge in [0.25, 0.3) is 0 Å². The van der Waals surface area contributed by atoms with Gasteiger partial charge in [-0.3, -0.25) is 4.79 Å². The third-order valence-corrected chi connectivity index (χ3v) is 2.70. The molecule has 0 radical (unpaired) electrons. The van der Waals surface area contributed by atoms with Gasteiger partial charge in [-0.2, -0.15) is 0 Å². The molecule has 18 heavy (non-hydrogen) atoms. The summed E-state index contributed by atoms with van der Waals surface area (Å²) < 4.78 is 0. The molecule has 6 heteroatoms. The number of amides is 1. The highest BCUT2D eigenvalue weighted by Crippen LogP contribution is 2.12. The number of nitrogens with two attached hydrogens (primary N) is 1. The second-order valence-electron chi connectivity index (χ2n) is 3.81. The fourth-order valence-corrected chi connectivity index (χ4v) is 1.75. The number of carbonyl (C=O) groups excluding carboxylic acids is 1. The van der Waals surface area contributed by atoms with Crippen molar-refractivity contribution in [2.75, 3.05) is 13.1 Å². The molecule has 0 saturated carbocycles. The van der Waals surface area contributed by atoms with Gasteiger partial charge in [0.2, 0.25) is 5.91 Å². The van der Waals surface area contributed by atoms with Crippen molar-refractivity contribution in [2.45, 2.75) is 13.3 Å². The quantitative estimate of drug-likeness (QED) is 0.368. The predicted molar refractivity (Wildman–Crippen MR) is 70.8 cm³/mol. The highest BCUT2D eigenvalue weighted by molar-refractivity contribution is 6.30. The SMILES string of the molecule is CCN(CC(N)=NO)C(=O)Cc1cccc(Cl)c1. The lowest BCUT2D eigenvalue weighted by Crippen LogP contribution is -2.39. The Kier molecular flexibility index (Phi) is 5.45. The smallest absolute Gasteiger partial charge is 0.227 e. The summed E-state index contributed by atoms with van der Waals surface area (Å²) in [4.78, 5) is 13.5. The minimum absolute atomic E-state index is 0.0105. The summed E-state index contributed by atoms with van der Waals surface area (Å²) in [6.45, 7) is 2.45. The molecule has 1 aromatic carbocycles. The summed E-state index contributed by atoms with van der Waals surface area (Å²) in [5.74, 6) is -0.0809. The van der Waals surface area contributed by atoms with E-state index in [1.54, 1.807) is 18.2 Å². The van der Waals surface area contributed by atoms with E-state index in [4.69, 9.17) is 22.5 Å². The number of rotatable bonds is 5. The summed E-state index contributed by atoms with van der Waals surface area (Å²) in [6.07, 6.45) is 0.243. The van der Waals surface area contributed by atoms with Crippen LogP contribution in [0.2, 0.25) is 5.02 Å². The fourth-order valence-electron chi connectivity index (χ4n) is 1.54. The molecule has 1 rings (SSSR count). The van der Waals surface area contributed by atoms with Gasteiger partial charge >= 0.3 is 0 Å². The lowest BCUT2D eigenvalue weighted by molar-refractivity contribution is -0.129. The molecular weight excluding hydrogens is 254 g/mol. The number of likely N-dealkylation sites (N-methyl/N-ethyl adjacent to an activating group) is 1. The molecule has 0 aliphatic rings. The van der Waals surface area contributed by atoms with Crippen LogP contribution < -0.4 is 5.73 Å². The van der Waals surface area contributed by atoms with E-state index in [9.17, 15) is 4.79 Å². The van der Waals surface area contributed by atoms with Crippen LogP contribution in [0, 0.1) is 0 Å². The Balaban J connectivity index is 2.68. The van der Waals surface area contributed by atoms with E-state index in [1.165, 1.54) is 4.90 Å². The van der Waals surface area contributed by atoms with Crippen LogP contribution in [-0.2, 0) is 11.2 Å². The monoisotopic (exact) mass is 269 g/mol. The van der Waals surface area contributed by atoms with Crippen molar-refractivity contribution >= 4 is 23.3 Å². The topological polar surface area (TPSA) is 78.9 Å². The molecule has 0 spiro atoms. The molecule has 0 saturated heterocycles. The number of hydrogen-bond acceptors (Lipinski definition) is 3. The molecule has 0 unspecified atom stereocenters. The van der Waals surface area contributed by atoms with Crippen molar-refractivity contribution in [1.82, 2.24) is 4.90 Å². The molecule has 98 valence electrons. The fraction of sp³-hybridized carbons (Fsp3) is 0.333. The van der Waals surface area contributed by atoms with E-state index in [2.05, 4.69) is 5.16 Å². The first-order valence-corrected chi connectivity index (χ1v) is 5.93. The summed E-state index contributed by atoms with van der Waals surface area (Å²) in [7, 11) is 0. The van der Waals surface area contributed by atoms with E-state index in [1.807, 2.05) is 13.0 Å². The van der Waals surface area contributed by atoms with Gasteiger partial charge in [0, 0.05) is 11.6 Å². The molecule has 0 aliphatic carbocycles. The molecule has 5 nitrogen and oxygen atoms in total. The number of oxime groups is 1. The summed E-state index contributed by atoms with van der Waals surface area (Å²) in [5, 5.41) is 12.0. The Morgan fingerprint density at radius 2 is 2.28 bits per heavy atom. The minimum atomic E-state index is -0.0913. The molecule has 0 aliphatic heterocycles. The largest absolute Gasteiger partial charge is 0.409 e. The van der Waals surface area contributed by atoms with E-state index in [0.29, 0.717) is 11.6 Å². The van der Waals surface area contributed by atoms with Crippen LogP contribution in [-0.4, -0.2) is 34.9 Å². The standard InChI is InChI=1S/C12H16ClN3O2/c1-2-16(8-11(14)15-18)12(17)7-9-4-3-5-10(13)6-9/h3-6,18H,2,7-8H2,1H3,(H2,14,15). The minimum Gasteiger partial charge on any atom is -0.409 e. The van der Waals surface area contributed by atoms with Gasteiger partial charge in [-0.15, -0.1) is 0 Å². The maximum Gasteiger partial charge on any atom is 0.227 e. The van der Waals surface area contributed by atoms with Crippen LogP contribution >= 0.6 is 11.6 Å². The number of halogens is 1. The third-order valence-electron chi connectivity index (χ3n) is 2.46. The molecule has 0 fully saturated rings. The zero-order valence-electron chi connectivity index (χ0n) is 10.1. The number of nitrogens with zero attached hydrogens (tertiary/aromatic N) is 2. The van der Waals surface area contributed by atoms with Crippen molar-refractivity contribution in [3.8, 4) is 0 Å². The highest BCUT2D eigenvalue weighted by Gasteiger charge is 2.13. The van der Waals surface area contributed by atoms with Crippen LogP contribution in [0.25, 0.3) is 0 Å². The number of hydrogen-bond donors (Lipinski definition) is 2. The Hall–Kier alpha value is -1.75. The van der Waals surface area contributed by atoms with Gasteiger partial charge in [0.05, 0.1) is 13.0 Å². The van der Waals surface area contributed by atoms with E-state index in [-0.39, 0.29) is 24.7 Å². The lowest BCUT2D eigenvalue weighted by Gasteiger charge is -2.20. The van der Waals surface area contributed by atoms with Crippen molar-refractivity contribution in [3.63, 3.8) is 0 Å². The first-order chi connectivity index (χ1) is 8.56. The van der Waals surface area contributed by atoms with Gasteiger partial charge in [0.1, 0.15) is 0 Å². The zero-order chi connectivity index (χ0) is 13.5. The van der Waals surface area contributed by atoms with Crippen molar-refractivity contribution < 1.29 is 10.0 Å². The van der Waals surface area contributed by atoms with Gasteiger partial charge in [0.15, 0.2) is 5.84 Å². The Bertz CT molecular complexity index is 449. The van der Waals surface area contributed by atoms with Gasteiger partial charge < -0.3 is 15.8 Å². The van der Waals surface area contributed by atoms with Crippen LogP contribution in [0.4, 0.5) is 0 Å². The number of benzene rings is 1. The highest BCUT2D eigenvalue weighted by atomic mass is 35.5. The second-order valence-corrected chi connectivity index (χ2v) is 4.24. The van der Waals surface area contributed by atoms with Gasteiger partial charge in [-0.05, 0) is 24.6 Å². The van der Waals surface area contributed by atoms with Crippen molar-refractivity contribution in [1.29, 1.82) is 0 Å². The Labute approximate surface area is 111 Å². The Morgan fingerprint density at radius 1 is 1.56 bits per heavy atom. The van der Waals surface area contributed by atoms with Gasteiger partial charge in [-0.25, -0.2) is 0 Å². The van der Waals surface area contributed by atoms with Crippen LogP contribution in [0.1, 0.15) is 12.5 Å². The molecule has 0 aromatic heterocycles. The van der Waals surface area contributed by atoms with Crippen molar-refractivity contribution in [2.24, 2.45) is 10.9 Å². The average Bonchev–Trinajstić information content (AvgIpc) is 2.35. The van der Waals surface area contributed by atoms with Crippen LogP contribution in [0.3, 0.4) is 0 Å². The summed E-state index contributed by atoms with van der Waals surface area (Å²) >= 11 is 5.85. The normalized spacial score (nSPS) is 11.3. The number of carbonyl (C=O) groups is 1. The molecule has 1 aromatic rings. The molecule has 3 N–H and O–H groups in total. The second kappa shape index (κ2) is 6.86. The maximum absolute atomic E-state index is 12.0. The van der Waals surface area contributed by atoms with Crippen LogP contribution in [0.5, 0.6) is 0 Å². The maximum atomic E-state index is 12.0. The zero-order valence-corrected chi connectivity index (χ0v) is 10.9. The predicted octanol–water partition coefficient (Wildman–Crippen LogP) is 1.48. The molecule has 0 heterocycles.